The minimum absolute atomic E-state index is 0.278. The number of nitrogens with zero attached hydrogens (tertiary/aromatic N) is 3. The highest BCUT2D eigenvalue weighted by Gasteiger charge is 2.20. The van der Waals surface area contributed by atoms with Crippen LogP contribution < -0.4 is 0 Å². The van der Waals surface area contributed by atoms with E-state index in [9.17, 15) is 4.79 Å². The Kier molecular flexibility index (Phi) is 6.48. The molecule has 1 saturated heterocycles. The van der Waals surface area contributed by atoms with Crippen molar-refractivity contribution in [2.24, 2.45) is 0 Å². The van der Waals surface area contributed by atoms with Gasteiger partial charge in [0.1, 0.15) is 0 Å². The van der Waals surface area contributed by atoms with Crippen molar-refractivity contribution in [3.8, 4) is 0 Å². The molecule has 4 nitrogen and oxygen atoms in total. The third-order valence-electron chi connectivity index (χ3n) is 4.46. The Labute approximate surface area is 154 Å². The molecule has 0 atom stereocenters. The molecule has 2 heterocycles. The molecular weight excluding hydrogens is 330 g/mol. The third-order valence-corrected chi connectivity index (χ3v) is 5.47. The van der Waals surface area contributed by atoms with E-state index in [1.165, 1.54) is 16.0 Å². The van der Waals surface area contributed by atoms with Crippen molar-refractivity contribution in [3.63, 3.8) is 0 Å². The molecule has 1 aliphatic rings. The van der Waals surface area contributed by atoms with Crippen LogP contribution in [0, 0.1) is 6.92 Å². The molecular formula is C20H25N3OS. The lowest BCUT2D eigenvalue weighted by molar-refractivity contribution is -0.132. The highest BCUT2D eigenvalue weighted by molar-refractivity contribution is 7.99. The molecule has 0 unspecified atom stereocenters. The van der Waals surface area contributed by atoms with Crippen LogP contribution in [0.3, 0.4) is 0 Å². The van der Waals surface area contributed by atoms with E-state index in [1.807, 2.05) is 17.2 Å². The Morgan fingerprint density at radius 3 is 2.56 bits per heavy atom. The van der Waals surface area contributed by atoms with Crippen LogP contribution in [0.4, 0.5) is 0 Å². The molecule has 1 aliphatic heterocycles. The van der Waals surface area contributed by atoms with E-state index in [1.54, 1.807) is 18.0 Å². The number of aryl methyl sites for hydroxylation is 1. The average molecular weight is 356 g/mol. The summed E-state index contributed by atoms with van der Waals surface area (Å²) in [4.78, 5) is 22.2. The Bertz CT molecular complexity index is 667. The van der Waals surface area contributed by atoms with Crippen LogP contribution in [0.25, 0.3) is 0 Å². The lowest BCUT2D eigenvalue weighted by atomic mass is 10.2. The van der Waals surface area contributed by atoms with E-state index in [-0.39, 0.29) is 5.91 Å². The summed E-state index contributed by atoms with van der Waals surface area (Å²) in [6.07, 6.45) is 4.33. The first-order chi connectivity index (χ1) is 12.2. The summed E-state index contributed by atoms with van der Waals surface area (Å²) in [5.74, 6) is 1.12. The second-order valence-electron chi connectivity index (χ2n) is 6.43. The number of thioether (sulfide) groups is 1. The SMILES string of the molecule is Cc1ccc(SCCC(=O)N2CCN(Cc3cccnc3)CC2)cc1. The molecule has 0 bridgehead atoms. The summed E-state index contributed by atoms with van der Waals surface area (Å²) in [6, 6.07) is 12.6. The summed E-state index contributed by atoms with van der Waals surface area (Å²) in [7, 11) is 0. The summed E-state index contributed by atoms with van der Waals surface area (Å²) in [6.45, 7) is 6.53. The summed E-state index contributed by atoms with van der Waals surface area (Å²) < 4.78 is 0. The fourth-order valence-electron chi connectivity index (χ4n) is 2.95. The summed E-state index contributed by atoms with van der Waals surface area (Å²) in [5, 5.41) is 0. The van der Waals surface area contributed by atoms with Crippen LogP contribution in [-0.4, -0.2) is 52.6 Å². The van der Waals surface area contributed by atoms with E-state index in [4.69, 9.17) is 0 Å². The summed E-state index contributed by atoms with van der Waals surface area (Å²) in [5.41, 5.74) is 2.50. The Morgan fingerprint density at radius 1 is 1.12 bits per heavy atom. The highest BCUT2D eigenvalue weighted by Crippen LogP contribution is 2.19. The molecule has 0 N–H and O–H groups in total. The Balaban J connectivity index is 1.37. The zero-order chi connectivity index (χ0) is 17.5. The van der Waals surface area contributed by atoms with Crippen molar-refractivity contribution in [2.45, 2.75) is 24.8 Å². The predicted molar refractivity (Wildman–Crippen MR) is 103 cm³/mol. The monoisotopic (exact) mass is 355 g/mol. The lowest BCUT2D eigenvalue weighted by Gasteiger charge is -2.34. The van der Waals surface area contributed by atoms with Gasteiger partial charge in [-0.25, -0.2) is 0 Å². The van der Waals surface area contributed by atoms with Gasteiger partial charge >= 0.3 is 0 Å². The second-order valence-corrected chi connectivity index (χ2v) is 7.60. The number of hydrogen-bond donors (Lipinski definition) is 0. The van der Waals surface area contributed by atoms with Gasteiger partial charge in [0.15, 0.2) is 0 Å². The molecule has 1 aromatic carbocycles. The molecule has 0 aliphatic carbocycles. The van der Waals surface area contributed by atoms with Crippen molar-refractivity contribution >= 4 is 17.7 Å². The van der Waals surface area contributed by atoms with E-state index in [0.29, 0.717) is 6.42 Å². The van der Waals surface area contributed by atoms with Gasteiger partial charge in [-0.05, 0) is 30.7 Å². The number of hydrogen-bond acceptors (Lipinski definition) is 4. The van der Waals surface area contributed by atoms with Crippen molar-refractivity contribution in [1.29, 1.82) is 0 Å². The van der Waals surface area contributed by atoms with E-state index < -0.39 is 0 Å². The molecule has 1 aromatic heterocycles. The van der Waals surface area contributed by atoms with Crippen molar-refractivity contribution in [2.75, 3.05) is 31.9 Å². The number of piperazine rings is 1. The van der Waals surface area contributed by atoms with Crippen LogP contribution >= 0.6 is 11.8 Å². The molecule has 0 radical (unpaired) electrons. The van der Waals surface area contributed by atoms with Gasteiger partial charge in [-0.2, -0.15) is 0 Å². The highest BCUT2D eigenvalue weighted by atomic mass is 32.2. The molecule has 2 aromatic rings. The minimum atomic E-state index is 0.278. The third kappa shape index (κ3) is 5.58. The largest absolute Gasteiger partial charge is 0.340 e. The number of pyridine rings is 1. The van der Waals surface area contributed by atoms with Crippen LogP contribution in [-0.2, 0) is 11.3 Å². The molecule has 1 amide bonds. The molecule has 25 heavy (non-hydrogen) atoms. The lowest BCUT2D eigenvalue weighted by Crippen LogP contribution is -2.48. The Hall–Kier alpha value is -1.85. The topological polar surface area (TPSA) is 36.4 Å². The van der Waals surface area contributed by atoms with Gasteiger partial charge in [-0.1, -0.05) is 23.8 Å². The molecule has 132 valence electrons. The zero-order valence-corrected chi connectivity index (χ0v) is 15.5. The summed E-state index contributed by atoms with van der Waals surface area (Å²) >= 11 is 1.76. The van der Waals surface area contributed by atoms with Crippen LogP contribution in [0.15, 0.2) is 53.7 Å². The number of benzene rings is 1. The predicted octanol–water partition coefficient (Wildman–Crippen LogP) is 3.22. The van der Waals surface area contributed by atoms with E-state index >= 15 is 0 Å². The fraction of sp³-hybridized carbons (Fsp3) is 0.400. The average Bonchev–Trinajstić information content (AvgIpc) is 2.65. The number of carbonyl (C=O) groups is 1. The first kappa shape index (κ1) is 18.0. The number of aromatic nitrogens is 1. The molecule has 5 heteroatoms. The van der Waals surface area contributed by atoms with Crippen LogP contribution in [0.2, 0.25) is 0 Å². The smallest absolute Gasteiger partial charge is 0.223 e. The van der Waals surface area contributed by atoms with E-state index in [0.717, 1.165) is 38.5 Å². The van der Waals surface area contributed by atoms with Crippen molar-refractivity contribution in [3.05, 3.63) is 59.9 Å². The van der Waals surface area contributed by atoms with Crippen molar-refractivity contribution in [1.82, 2.24) is 14.8 Å². The standard InChI is InChI=1S/C20H25N3OS/c1-17-4-6-19(7-5-17)25-14-8-20(24)23-12-10-22(11-13-23)16-18-3-2-9-21-15-18/h2-7,9,15H,8,10-14,16H2,1H3. The maximum atomic E-state index is 12.4. The van der Waals surface area contributed by atoms with Gasteiger partial charge < -0.3 is 4.90 Å². The molecule has 1 fully saturated rings. The minimum Gasteiger partial charge on any atom is -0.340 e. The van der Waals surface area contributed by atoms with Crippen LogP contribution in [0.1, 0.15) is 17.5 Å². The van der Waals surface area contributed by atoms with Crippen molar-refractivity contribution < 1.29 is 4.79 Å². The Morgan fingerprint density at radius 2 is 1.88 bits per heavy atom. The van der Waals surface area contributed by atoms with Gasteiger partial charge in [0, 0.05) is 62.2 Å². The molecule has 3 rings (SSSR count). The van der Waals surface area contributed by atoms with Crippen LogP contribution in [0.5, 0.6) is 0 Å². The van der Waals surface area contributed by atoms with Gasteiger partial charge in [-0.15, -0.1) is 11.8 Å². The normalized spacial score (nSPS) is 15.3. The zero-order valence-electron chi connectivity index (χ0n) is 14.7. The number of carbonyl (C=O) groups excluding carboxylic acids is 1. The van der Waals surface area contributed by atoms with Gasteiger partial charge in [0.25, 0.3) is 0 Å². The van der Waals surface area contributed by atoms with Gasteiger partial charge in [0.2, 0.25) is 5.91 Å². The first-order valence-corrected chi connectivity index (χ1v) is 9.78. The maximum Gasteiger partial charge on any atom is 0.223 e. The number of rotatable bonds is 6. The van der Waals surface area contributed by atoms with Gasteiger partial charge in [0.05, 0.1) is 0 Å². The second kappa shape index (κ2) is 9.02. The van der Waals surface area contributed by atoms with Gasteiger partial charge in [-0.3, -0.25) is 14.7 Å². The molecule has 0 spiro atoms. The quantitative estimate of drug-likeness (QED) is 0.746. The first-order valence-electron chi connectivity index (χ1n) is 8.79. The number of amides is 1. The van der Waals surface area contributed by atoms with E-state index in [2.05, 4.69) is 47.1 Å². The maximum absolute atomic E-state index is 12.4. The fourth-order valence-corrected chi connectivity index (χ4v) is 3.79. The molecule has 0 saturated carbocycles.